The Balaban J connectivity index is 1.64. The summed E-state index contributed by atoms with van der Waals surface area (Å²) in [4.78, 5) is 26.4. The normalized spacial score (nSPS) is 16.3. The van der Waals surface area contributed by atoms with Crippen molar-refractivity contribution >= 4 is 12.0 Å². The number of amides is 2. The van der Waals surface area contributed by atoms with E-state index in [1.807, 2.05) is 49.4 Å². The smallest absolute Gasteiger partial charge is 0.404 e. The molecule has 42 heavy (non-hydrogen) atoms. The Kier molecular flexibility index (Phi) is 10.3. The number of halogens is 1. The van der Waals surface area contributed by atoms with Gasteiger partial charge in [0.1, 0.15) is 5.82 Å². The van der Waals surface area contributed by atoms with Gasteiger partial charge in [0.05, 0.1) is 18.2 Å². The van der Waals surface area contributed by atoms with Crippen molar-refractivity contribution < 1.29 is 24.2 Å². The molecule has 3 aromatic rings. The van der Waals surface area contributed by atoms with Gasteiger partial charge in [0.2, 0.25) is 0 Å². The monoisotopic (exact) mass is 572 g/mol. The Morgan fingerprint density at radius 1 is 1.14 bits per heavy atom. The second-order valence-electron chi connectivity index (χ2n) is 10.8. The molecule has 8 nitrogen and oxygen atoms in total. The van der Waals surface area contributed by atoms with Gasteiger partial charge in [-0.1, -0.05) is 54.1 Å². The number of hydrogen-bond acceptors (Lipinski definition) is 5. The second kappa shape index (κ2) is 14.1. The standard InChI is InChI=1S/C33H37FN4O4/c1-23-6-2-7-26(20-23)30-28(9-3-10-29(30)34)33(42,15-5-17-37-32(40)41)27-8-4-19-38(22-27)31(39)25-13-11-24(12-14-25)21-36-18-16-35/h2-3,6-7,9-14,20,27,36-37,42H,4-5,8,15,17-19,21-22H2,1H3,(H,40,41). The van der Waals surface area contributed by atoms with Crippen molar-refractivity contribution in [1.29, 1.82) is 5.26 Å². The molecule has 0 aliphatic carbocycles. The largest absolute Gasteiger partial charge is 0.465 e. The highest BCUT2D eigenvalue weighted by Gasteiger charge is 2.43. The van der Waals surface area contributed by atoms with Crippen LogP contribution in [-0.2, 0) is 12.1 Å². The van der Waals surface area contributed by atoms with Gasteiger partial charge in [-0.25, -0.2) is 9.18 Å². The molecule has 4 N–H and O–H groups in total. The lowest BCUT2D eigenvalue weighted by Gasteiger charge is -2.43. The van der Waals surface area contributed by atoms with Crippen molar-refractivity contribution in [3.8, 4) is 17.2 Å². The summed E-state index contributed by atoms with van der Waals surface area (Å²) in [6.45, 7) is 3.63. The number of rotatable bonds is 11. The molecular formula is C33H37FN4O4. The fourth-order valence-corrected chi connectivity index (χ4v) is 5.85. The lowest BCUT2D eigenvalue weighted by atomic mass is 9.72. The van der Waals surface area contributed by atoms with Gasteiger partial charge in [0.15, 0.2) is 0 Å². The number of aryl methyl sites for hydroxylation is 1. The van der Waals surface area contributed by atoms with Crippen molar-refractivity contribution in [1.82, 2.24) is 15.5 Å². The molecule has 1 saturated heterocycles. The van der Waals surface area contributed by atoms with Gasteiger partial charge in [-0.2, -0.15) is 5.26 Å². The first kappa shape index (κ1) is 30.7. The average molecular weight is 573 g/mol. The highest BCUT2D eigenvalue weighted by molar-refractivity contribution is 5.94. The molecule has 1 fully saturated rings. The number of nitrogens with one attached hydrogen (secondary N) is 2. The molecule has 1 heterocycles. The third kappa shape index (κ3) is 7.32. The molecule has 1 aliphatic heterocycles. The average Bonchev–Trinajstić information content (AvgIpc) is 2.99. The second-order valence-corrected chi connectivity index (χ2v) is 10.8. The first-order chi connectivity index (χ1) is 20.2. The molecule has 2 amide bonds. The Labute approximate surface area is 245 Å². The van der Waals surface area contributed by atoms with E-state index < -0.39 is 23.4 Å². The number of hydrogen-bond donors (Lipinski definition) is 4. The molecule has 2 unspecified atom stereocenters. The predicted octanol–water partition coefficient (Wildman–Crippen LogP) is 5.20. The van der Waals surface area contributed by atoms with Crippen LogP contribution in [0.1, 0.15) is 52.7 Å². The van der Waals surface area contributed by atoms with Crippen LogP contribution in [0.25, 0.3) is 11.1 Å². The summed E-state index contributed by atoms with van der Waals surface area (Å²) < 4.78 is 15.5. The van der Waals surface area contributed by atoms with Gasteiger partial charge >= 0.3 is 6.09 Å². The van der Waals surface area contributed by atoms with E-state index in [4.69, 9.17) is 10.4 Å². The third-order valence-electron chi connectivity index (χ3n) is 7.92. The van der Waals surface area contributed by atoms with Crippen molar-refractivity contribution in [3.63, 3.8) is 0 Å². The molecule has 9 heteroatoms. The number of nitriles is 1. The van der Waals surface area contributed by atoms with Crippen LogP contribution in [0.15, 0.2) is 66.7 Å². The van der Waals surface area contributed by atoms with Gasteiger partial charge in [0.25, 0.3) is 5.91 Å². The Hall–Kier alpha value is -4.26. The predicted molar refractivity (Wildman–Crippen MR) is 158 cm³/mol. The summed E-state index contributed by atoms with van der Waals surface area (Å²) in [5, 5.41) is 35.6. The minimum atomic E-state index is -1.52. The van der Waals surface area contributed by atoms with Gasteiger partial charge in [-0.3, -0.25) is 4.79 Å². The maximum Gasteiger partial charge on any atom is 0.404 e. The number of aliphatic hydroxyl groups is 1. The Morgan fingerprint density at radius 2 is 1.90 bits per heavy atom. The molecule has 0 spiro atoms. The van der Waals surface area contributed by atoms with Gasteiger partial charge in [-0.05, 0) is 67.5 Å². The summed E-state index contributed by atoms with van der Waals surface area (Å²) in [6.07, 6.45) is 0.661. The highest BCUT2D eigenvalue weighted by Crippen LogP contribution is 2.44. The lowest BCUT2D eigenvalue weighted by Crippen LogP contribution is -2.48. The molecule has 220 valence electrons. The first-order valence-corrected chi connectivity index (χ1v) is 14.2. The number of likely N-dealkylation sites (tertiary alicyclic amines) is 1. The summed E-state index contributed by atoms with van der Waals surface area (Å²) in [7, 11) is 0. The highest BCUT2D eigenvalue weighted by atomic mass is 19.1. The fourth-order valence-electron chi connectivity index (χ4n) is 5.85. The van der Waals surface area contributed by atoms with Crippen molar-refractivity contribution in [2.45, 2.75) is 44.8 Å². The molecule has 0 radical (unpaired) electrons. The minimum Gasteiger partial charge on any atom is -0.465 e. The summed E-state index contributed by atoms with van der Waals surface area (Å²) in [5.74, 6) is -1.00. The van der Waals surface area contributed by atoms with Crippen LogP contribution in [0.3, 0.4) is 0 Å². The number of benzene rings is 3. The molecule has 0 saturated carbocycles. The van der Waals surface area contributed by atoms with Crippen molar-refractivity contribution in [2.24, 2.45) is 5.92 Å². The molecule has 0 bridgehead atoms. The SMILES string of the molecule is Cc1cccc(-c2c(F)cccc2C(O)(CCCNC(=O)O)C2CCCN(C(=O)c3ccc(CNCC#N)cc3)C2)c1. The maximum absolute atomic E-state index is 15.5. The van der Waals surface area contributed by atoms with E-state index >= 15 is 4.39 Å². The molecule has 0 aromatic heterocycles. The van der Waals surface area contributed by atoms with E-state index in [1.165, 1.54) is 6.07 Å². The number of carboxylic acid groups (broad SMARTS) is 1. The van der Waals surface area contributed by atoms with E-state index in [1.54, 1.807) is 29.2 Å². The number of piperidine rings is 1. The molecule has 4 rings (SSSR count). The van der Waals surface area contributed by atoms with Crippen LogP contribution in [0, 0.1) is 30.0 Å². The summed E-state index contributed by atoms with van der Waals surface area (Å²) in [5.41, 5.74) is 2.33. The zero-order chi connectivity index (χ0) is 30.1. The Morgan fingerprint density at radius 3 is 2.62 bits per heavy atom. The molecular weight excluding hydrogens is 535 g/mol. The van der Waals surface area contributed by atoms with Gasteiger partial charge in [-0.15, -0.1) is 0 Å². The first-order valence-electron chi connectivity index (χ1n) is 14.2. The molecule has 2 atom stereocenters. The van der Waals surface area contributed by atoms with Crippen molar-refractivity contribution in [2.75, 3.05) is 26.2 Å². The van der Waals surface area contributed by atoms with Crippen LogP contribution in [-0.4, -0.2) is 53.3 Å². The van der Waals surface area contributed by atoms with E-state index in [-0.39, 0.29) is 32.0 Å². The summed E-state index contributed by atoms with van der Waals surface area (Å²) in [6, 6.07) is 21.4. The Bertz CT molecular complexity index is 1440. The van der Waals surface area contributed by atoms with E-state index in [2.05, 4.69) is 10.6 Å². The zero-order valence-electron chi connectivity index (χ0n) is 23.8. The van der Waals surface area contributed by atoms with Gasteiger partial charge in [0, 0.05) is 43.2 Å². The number of nitrogens with zero attached hydrogens (tertiary/aromatic N) is 2. The fraction of sp³-hybridized carbons (Fsp3) is 0.364. The zero-order valence-corrected chi connectivity index (χ0v) is 23.8. The molecule has 3 aromatic carbocycles. The summed E-state index contributed by atoms with van der Waals surface area (Å²) >= 11 is 0. The van der Waals surface area contributed by atoms with E-state index in [9.17, 15) is 14.7 Å². The van der Waals surface area contributed by atoms with Crippen LogP contribution in [0.4, 0.5) is 9.18 Å². The van der Waals surface area contributed by atoms with Crippen LogP contribution in [0.5, 0.6) is 0 Å². The maximum atomic E-state index is 15.5. The van der Waals surface area contributed by atoms with E-state index in [0.717, 1.165) is 11.1 Å². The third-order valence-corrected chi connectivity index (χ3v) is 7.92. The van der Waals surface area contributed by atoms with Gasteiger partial charge < -0.3 is 25.7 Å². The number of carbonyl (C=O) groups excluding carboxylic acids is 1. The van der Waals surface area contributed by atoms with E-state index in [0.29, 0.717) is 54.6 Å². The number of carbonyl (C=O) groups is 2. The minimum absolute atomic E-state index is 0.137. The lowest BCUT2D eigenvalue weighted by molar-refractivity contribution is -0.0564. The van der Waals surface area contributed by atoms with Crippen molar-refractivity contribution in [3.05, 3.63) is 94.8 Å². The topological polar surface area (TPSA) is 126 Å². The molecule has 1 aliphatic rings. The van der Waals surface area contributed by atoms with Crippen LogP contribution < -0.4 is 10.6 Å². The van der Waals surface area contributed by atoms with Crippen LogP contribution in [0.2, 0.25) is 0 Å². The van der Waals surface area contributed by atoms with Crippen LogP contribution >= 0.6 is 0 Å². The quantitative estimate of drug-likeness (QED) is 0.185.